The van der Waals surface area contributed by atoms with Gasteiger partial charge in [0, 0.05) is 12.6 Å². The van der Waals surface area contributed by atoms with Crippen LogP contribution in [0.2, 0.25) is 0 Å². The molecule has 62 valence electrons. The first kappa shape index (κ1) is 8.58. The van der Waals surface area contributed by atoms with Gasteiger partial charge in [-0.1, -0.05) is 0 Å². The van der Waals surface area contributed by atoms with Crippen LogP contribution in [0.25, 0.3) is 0 Å². The van der Waals surface area contributed by atoms with Gasteiger partial charge in [0.15, 0.2) is 6.67 Å². The Morgan fingerprint density at radius 2 is 2.27 bits per heavy atom. The summed E-state index contributed by atoms with van der Waals surface area (Å²) in [4.78, 5) is 9.68. The zero-order chi connectivity index (χ0) is 8.43. The van der Waals surface area contributed by atoms with Crippen molar-refractivity contribution in [1.29, 1.82) is 0 Å². The molecule has 0 amide bonds. The predicted octanol–water partition coefficient (Wildman–Crippen LogP) is 0.987. The van der Waals surface area contributed by atoms with Crippen molar-refractivity contribution < 1.29 is 4.92 Å². The maximum Gasteiger partial charge on any atom is 0.334 e. The molecule has 1 rings (SSSR count). The van der Waals surface area contributed by atoms with E-state index in [2.05, 4.69) is 0 Å². The highest BCUT2D eigenvalue weighted by Gasteiger charge is 2.25. The number of rotatable bonds is 1. The van der Waals surface area contributed by atoms with Crippen molar-refractivity contribution in [3.8, 4) is 0 Å². The van der Waals surface area contributed by atoms with E-state index in [-0.39, 0.29) is 12.5 Å². The lowest BCUT2D eigenvalue weighted by Gasteiger charge is -2.19. The van der Waals surface area contributed by atoms with E-state index >= 15 is 0 Å². The van der Waals surface area contributed by atoms with Crippen molar-refractivity contribution >= 4 is 23.6 Å². The van der Waals surface area contributed by atoms with Gasteiger partial charge in [-0.25, -0.2) is 0 Å². The molecule has 0 saturated heterocycles. The first-order valence-electron chi connectivity index (χ1n) is 2.80. The molecule has 1 heterocycles. The third-order valence-electron chi connectivity index (χ3n) is 1.19. The van der Waals surface area contributed by atoms with E-state index in [1.54, 1.807) is 0 Å². The van der Waals surface area contributed by atoms with Gasteiger partial charge in [0.2, 0.25) is 0 Å². The van der Waals surface area contributed by atoms with Gasteiger partial charge < -0.3 is 10.1 Å². The summed E-state index contributed by atoms with van der Waals surface area (Å²) in [5.41, 5.74) is 0. The van der Waals surface area contributed by atoms with Crippen LogP contribution in [0.5, 0.6) is 0 Å². The topological polar surface area (TPSA) is 49.6 Å². The molecule has 5 nitrogen and oxygen atoms in total. The van der Waals surface area contributed by atoms with Gasteiger partial charge in [-0.2, -0.15) is 4.42 Å². The second-order valence-electron chi connectivity index (χ2n) is 1.97. The molecule has 0 saturated carbocycles. The molecule has 0 spiro atoms. The Morgan fingerprint density at radius 1 is 1.64 bits per heavy atom. The van der Waals surface area contributed by atoms with Crippen LogP contribution in [0.1, 0.15) is 0 Å². The smallest absolute Gasteiger partial charge is 0.334 e. The minimum absolute atomic E-state index is 0.122. The quantitative estimate of drug-likeness (QED) is 0.358. The van der Waals surface area contributed by atoms with Crippen LogP contribution in [-0.4, -0.2) is 27.0 Å². The van der Waals surface area contributed by atoms with Gasteiger partial charge >= 0.3 is 5.82 Å². The number of hydrogen-bond acceptors (Lipinski definition) is 4. The van der Waals surface area contributed by atoms with Crippen LogP contribution < -0.4 is 0 Å². The maximum absolute atomic E-state index is 10.2. The molecule has 7 heteroatoms. The fourth-order valence-electron chi connectivity index (χ4n) is 0.708. The van der Waals surface area contributed by atoms with Crippen LogP contribution in [0, 0.1) is 10.1 Å². The van der Waals surface area contributed by atoms with Crippen LogP contribution in [0.4, 0.5) is 0 Å². The van der Waals surface area contributed by atoms with Crippen molar-refractivity contribution in [3.63, 3.8) is 0 Å². The summed E-state index contributed by atoms with van der Waals surface area (Å²) >= 11 is 11.0. The van der Waals surface area contributed by atoms with E-state index in [9.17, 15) is 10.1 Å². The third kappa shape index (κ3) is 1.95. The van der Waals surface area contributed by atoms with E-state index in [1.807, 2.05) is 0 Å². The van der Waals surface area contributed by atoms with Crippen molar-refractivity contribution in [2.75, 3.05) is 13.2 Å². The molecular formula is C4H5Cl2N3O2. The number of nitro groups is 1. The van der Waals surface area contributed by atoms with Gasteiger partial charge in [0.05, 0.1) is 0 Å². The van der Waals surface area contributed by atoms with Crippen LogP contribution in [0.15, 0.2) is 11.9 Å². The summed E-state index contributed by atoms with van der Waals surface area (Å²) in [7, 11) is 0. The SMILES string of the molecule is O=[N+]([O-])C1=CCN(Cl)CN1Cl. The molecule has 1 aliphatic heterocycles. The Labute approximate surface area is 73.1 Å². The molecule has 0 bridgehead atoms. The van der Waals surface area contributed by atoms with Crippen LogP contribution >= 0.6 is 23.6 Å². The highest BCUT2D eigenvalue weighted by molar-refractivity contribution is 6.16. The molecule has 0 aromatic heterocycles. The second kappa shape index (κ2) is 3.25. The van der Waals surface area contributed by atoms with E-state index in [1.165, 1.54) is 10.5 Å². The summed E-state index contributed by atoms with van der Waals surface area (Å²) in [6.07, 6.45) is 1.35. The third-order valence-corrected chi connectivity index (χ3v) is 1.71. The monoisotopic (exact) mass is 197 g/mol. The lowest BCUT2D eigenvalue weighted by atomic mass is 10.5. The highest BCUT2D eigenvalue weighted by Crippen LogP contribution is 2.15. The normalized spacial score (nSPS) is 19.8. The van der Waals surface area contributed by atoms with Gasteiger partial charge in [-0.05, 0) is 16.7 Å². The summed E-state index contributed by atoms with van der Waals surface area (Å²) in [5, 5.41) is 10.2. The van der Waals surface area contributed by atoms with Crippen molar-refractivity contribution in [2.24, 2.45) is 0 Å². The van der Waals surface area contributed by atoms with Crippen molar-refractivity contribution in [3.05, 3.63) is 22.0 Å². The molecule has 0 atom stereocenters. The Morgan fingerprint density at radius 3 is 2.73 bits per heavy atom. The van der Waals surface area contributed by atoms with Gasteiger partial charge in [-0.15, -0.1) is 4.42 Å². The fourth-order valence-corrected chi connectivity index (χ4v) is 1.20. The summed E-state index contributed by atoms with van der Waals surface area (Å²) in [6.45, 7) is 0.483. The molecule has 0 unspecified atom stereocenters. The first-order chi connectivity index (χ1) is 5.11. The molecule has 0 N–H and O–H groups in total. The molecule has 0 radical (unpaired) electrons. The zero-order valence-electron chi connectivity index (χ0n) is 5.41. The van der Waals surface area contributed by atoms with Crippen LogP contribution in [0.3, 0.4) is 0 Å². The summed E-state index contributed by atoms with van der Waals surface area (Å²) in [5.74, 6) is -0.122. The standard InChI is InChI=1S/C4H5Cl2N3O2/c5-7-2-1-4(9(10)11)8(6)3-7/h1H,2-3H2. The zero-order valence-corrected chi connectivity index (χ0v) is 6.92. The number of halogens is 2. The van der Waals surface area contributed by atoms with E-state index < -0.39 is 4.92 Å². The largest absolute Gasteiger partial charge is 0.358 e. The predicted molar refractivity (Wildman–Crippen MR) is 40.2 cm³/mol. The Bertz CT molecular complexity index is 208. The second-order valence-corrected chi connectivity index (χ2v) is 2.85. The van der Waals surface area contributed by atoms with E-state index in [0.29, 0.717) is 6.54 Å². The lowest BCUT2D eigenvalue weighted by molar-refractivity contribution is -0.443. The van der Waals surface area contributed by atoms with Crippen molar-refractivity contribution in [2.45, 2.75) is 0 Å². The van der Waals surface area contributed by atoms with Crippen molar-refractivity contribution in [1.82, 2.24) is 8.84 Å². The summed E-state index contributed by atoms with van der Waals surface area (Å²) < 4.78 is 2.29. The maximum atomic E-state index is 10.2. The molecule has 0 aliphatic carbocycles. The molecule has 11 heavy (non-hydrogen) atoms. The fraction of sp³-hybridized carbons (Fsp3) is 0.500. The Hall–Kier alpha value is -0.520. The average Bonchev–Trinajstić information content (AvgIpc) is 1.85. The Kier molecular flexibility index (Phi) is 2.53. The van der Waals surface area contributed by atoms with E-state index in [4.69, 9.17) is 23.6 Å². The first-order valence-corrected chi connectivity index (χ1v) is 3.47. The molecule has 0 aromatic rings. The molecule has 0 fully saturated rings. The Balaban J connectivity index is 2.72. The molecular weight excluding hydrogens is 193 g/mol. The molecule has 0 aromatic carbocycles. The van der Waals surface area contributed by atoms with Gasteiger partial charge in [0.1, 0.15) is 11.8 Å². The highest BCUT2D eigenvalue weighted by atomic mass is 35.5. The van der Waals surface area contributed by atoms with Crippen LogP contribution in [-0.2, 0) is 0 Å². The van der Waals surface area contributed by atoms with Gasteiger partial charge in [0.25, 0.3) is 0 Å². The minimum atomic E-state index is -0.545. The average molecular weight is 198 g/mol. The van der Waals surface area contributed by atoms with Gasteiger partial charge in [-0.3, -0.25) is 0 Å². The lowest BCUT2D eigenvalue weighted by Crippen LogP contribution is -2.33. The number of hydrogen-bond donors (Lipinski definition) is 0. The summed E-state index contributed by atoms with van der Waals surface area (Å²) in [6, 6.07) is 0. The molecule has 1 aliphatic rings. The minimum Gasteiger partial charge on any atom is -0.358 e. The number of nitrogens with zero attached hydrogens (tertiary/aromatic N) is 3. The van der Waals surface area contributed by atoms with E-state index in [0.717, 1.165) is 4.42 Å².